The zero-order valence-electron chi connectivity index (χ0n) is 24.8. The van der Waals surface area contributed by atoms with Crippen molar-refractivity contribution in [3.63, 3.8) is 0 Å². The molecule has 0 fully saturated rings. The van der Waals surface area contributed by atoms with Gasteiger partial charge >= 0.3 is 0 Å². The number of hydrogen-bond donors (Lipinski definition) is 2. The van der Waals surface area contributed by atoms with Gasteiger partial charge in [0.2, 0.25) is 0 Å². The van der Waals surface area contributed by atoms with Gasteiger partial charge in [-0.15, -0.1) is 0 Å². The van der Waals surface area contributed by atoms with Gasteiger partial charge in [-0.25, -0.2) is 0 Å². The summed E-state index contributed by atoms with van der Waals surface area (Å²) in [6.07, 6.45) is 0. The van der Waals surface area contributed by atoms with Gasteiger partial charge in [-0.2, -0.15) is 5.53 Å². The largest absolute Gasteiger partial charge is 0.303 e. The van der Waals surface area contributed by atoms with Crippen LogP contribution >= 0.6 is 0 Å². The molecule has 0 amide bonds. The lowest BCUT2D eigenvalue weighted by atomic mass is 12.3. The van der Waals surface area contributed by atoms with Crippen molar-refractivity contribution in [3.8, 4) is 0 Å². The van der Waals surface area contributed by atoms with Crippen molar-refractivity contribution in [2.45, 2.75) is 0 Å². The zero-order valence-corrected chi connectivity index (χ0v) is 24.8. The molecule has 0 saturated carbocycles. The van der Waals surface area contributed by atoms with Crippen molar-refractivity contribution < 1.29 is 0 Å². The van der Waals surface area contributed by atoms with Crippen molar-refractivity contribution in [2.75, 3.05) is 0 Å². The molecule has 0 radical (unpaired) electrons. The molecule has 0 rings (SSSR count). The molecule has 0 aromatic rings. The average Bonchev–Trinajstić information content (AvgIpc) is 3.20. The Balaban J connectivity index is 4.07. The molecule has 0 saturated heterocycles. The minimum Gasteiger partial charge on any atom is -0.303 e. The SMILES string of the molecule is N=N/N=N/N=N/N=N/N=N/N=N/N=N/N=N/N=N/N=N/N=N/N=N/N=N/N=N/N=N/N=N/N=N/N=N/N=N/N=N/N=N/N=N/N=N/N=N/N=N/N=N/N=N/N. The van der Waals surface area contributed by atoms with Crippen molar-refractivity contribution in [1.82, 2.24) is 0 Å². The standard InChI is InChI=1S/H3N55/c1-3-5-7-9-11-13-15-17-19-21-23-25-27-29-31-33-35-37-39-41-43-45-47-49-51-53-55-54-52-50-48-46-44-42-40-38-36-34-32-30-28-26-24-22-20-18-16-14-12-10-8-6-4-2/h(H3,1,2,5,6,9,10,13,14,17,18,21,22,25,26,29,30,33,34,37,38,41,42,45,46,49,50,53,54). The van der Waals surface area contributed by atoms with E-state index < -0.39 is 0 Å². The van der Waals surface area contributed by atoms with E-state index in [0.717, 1.165) is 0 Å². The fourth-order valence-electron chi connectivity index (χ4n) is 0.920. The van der Waals surface area contributed by atoms with E-state index in [9.17, 15) is 0 Å². The summed E-state index contributed by atoms with van der Waals surface area (Å²) in [5.41, 5.74) is 6.25. The molecule has 0 heterocycles. The van der Waals surface area contributed by atoms with Gasteiger partial charge in [-0.1, -0.05) is 5.22 Å². The van der Waals surface area contributed by atoms with E-state index in [4.69, 9.17) is 5.53 Å². The van der Waals surface area contributed by atoms with Crippen LogP contribution in [0.25, 0.3) is 0 Å². The number of nitrogens with two attached hydrogens (primary N) is 1. The molecule has 0 aromatic carbocycles. The third-order valence-corrected chi connectivity index (χ3v) is 2.10. The first-order valence-corrected chi connectivity index (χ1v) is 10.9. The first kappa shape index (κ1) is 44.0. The van der Waals surface area contributed by atoms with Crippen molar-refractivity contribution >= 4 is 0 Å². The summed E-state index contributed by atoms with van der Waals surface area (Å²) in [4.78, 5) is 0. The molecule has 0 bridgehead atoms. The number of rotatable bonds is 26. The second kappa shape index (κ2) is 43.0. The number of nitrogens with one attached hydrogen (secondary N) is 1. The summed E-state index contributed by atoms with van der Waals surface area (Å²) in [5.74, 6) is 4.63. The van der Waals surface area contributed by atoms with Gasteiger partial charge in [0.25, 0.3) is 0 Å². The van der Waals surface area contributed by atoms with Crippen molar-refractivity contribution in [2.24, 2.45) is 283 Å². The van der Waals surface area contributed by atoms with Gasteiger partial charge in [0.05, 0.1) is 0 Å². The molecular formula is H3N55. The van der Waals surface area contributed by atoms with Crippen LogP contribution in [0.5, 0.6) is 0 Å². The summed E-state index contributed by atoms with van der Waals surface area (Å²) in [5, 5.41) is 157. The summed E-state index contributed by atoms with van der Waals surface area (Å²) >= 11 is 0. The third kappa shape index (κ3) is 43.0. The highest BCUT2D eigenvalue weighted by Gasteiger charge is 1.75. The highest BCUT2D eigenvalue weighted by molar-refractivity contribution is 4.18. The molecule has 0 aliphatic rings. The van der Waals surface area contributed by atoms with Gasteiger partial charge < -0.3 is 5.84 Å². The monoisotopic (exact) mass is 773 g/mol. The maximum absolute atomic E-state index is 6.25. The predicted molar refractivity (Wildman–Crippen MR) is 136 cm³/mol. The van der Waals surface area contributed by atoms with Gasteiger partial charge in [0.1, 0.15) is 0 Å². The third-order valence-electron chi connectivity index (χ3n) is 2.10. The zero-order chi connectivity index (χ0) is 39.5. The van der Waals surface area contributed by atoms with Crippen molar-refractivity contribution in [1.29, 1.82) is 5.53 Å². The maximum atomic E-state index is 6.25. The highest BCUT2D eigenvalue weighted by Crippen LogP contribution is 1.93. The van der Waals surface area contributed by atoms with E-state index in [0.29, 0.717) is 0 Å². The van der Waals surface area contributed by atoms with Crippen LogP contribution in [0.15, 0.2) is 277 Å². The molecule has 0 unspecified atom stereocenters. The molecule has 278 valence electrons. The fourth-order valence-corrected chi connectivity index (χ4v) is 0.920. The summed E-state index contributed by atoms with van der Waals surface area (Å²) < 4.78 is 0. The molecule has 0 atom stereocenters. The minimum atomic E-state index is 2.50. The van der Waals surface area contributed by atoms with E-state index in [1.165, 1.54) is 0 Å². The molecule has 0 aliphatic carbocycles. The van der Waals surface area contributed by atoms with Crippen LogP contribution in [0, 0.1) is 5.53 Å². The van der Waals surface area contributed by atoms with Crippen LogP contribution in [0.1, 0.15) is 0 Å². The van der Waals surface area contributed by atoms with Crippen LogP contribution in [0.4, 0.5) is 0 Å². The summed E-state index contributed by atoms with van der Waals surface area (Å²) in [6, 6.07) is 0. The molecule has 3 N–H and O–H groups in total. The van der Waals surface area contributed by atoms with E-state index in [2.05, 4.69) is 283 Å². The molecule has 55 nitrogen and oxygen atoms in total. The number of nitrogens with zero attached hydrogens (tertiary/aromatic N) is 53. The van der Waals surface area contributed by atoms with E-state index >= 15 is 0 Å². The quantitative estimate of drug-likeness (QED) is 0.0484. The molecule has 55 heavy (non-hydrogen) atoms. The van der Waals surface area contributed by atoms with Gasteiger partial charge in [0, 0.05) is 193 Å². The Hall–Kier alpha value is -11.0. The maximum Gasteiger partial charge on any atom is 0 e. The topological polar surface area (TPSA) is 705 Å². The smallest absolute Gasteiger partial charge is 0 e. The van der Waals surface area contributed by atoms with E-state index in [1.807, 2.05) is 0 Å². The van der Waals surface area contributed by atoms with Crippen LogP contribution in [0.2, 0.25) is 0 Å². The van der Waals surface area contributed by atoms with Crippen molar-refractivity contribution in [3.05, 3.63) is 0 Å². The molecular weight excluding hydrogens is 770 g/mol. The lowest BCUT2D eigenvalue weighted by Gasteiger charge is -1.70. The second-order valence-corrected chi connectivity index (χ2v) is 4.78. The van der Waals surface area contributed by atoms with Gasteiger partial charge in [-0.05, 0) is 78.3 Å². The van der Waals surface area contributed by atoms with Crippen LogP contribution in [-0.2, 0) is 0 Å². The molecule has 55 heteroatoms. The average molecular weight is 773 g/mol. The van der Waals surface area contributed by atoms with Crippen LogP contribution in [-0.4, -0.2) is 0 Å². The Kier molecular flexibility index (Phi) is 34.4. The lowest BCUT2D eigenvalue weighted by Crippen LogP contribution is -1.70. The molecule has 0 aliphatic heterocycles. The van der Waals surface area contributed by atoms with Gasteiger partial charge in [-0.3, -0.25) is 0 Å². The first-order chi connectivity index (χ1) is 27.4. The Morgan fingerprint density at radius 3 is 0.327 bits per heavy atom. The Bertz CT molecular complexity index is 1770. The first-order valence-electron chi connectivity index (χ1n) is 10.9. The normalized spacial score (nSPS) is 15.3. The summed E-state index contributed by atoms with van der Waals surface area (Å²) in [6.45, 7) is 0. The number of hydrogen-bond acceptors (Lipinski definition) is 2. The van der Waals surface area contributed by atoms with Gasteiger partial charge in [0.15, 0.2) is 0 Å². The van der Waals surface area contributed by atoms with Crippen LogP contribution in [0.3, 0.4) is 0 Å². The minimum absolute atomic E-state index is 2.50. The molecule has 0 spiro atoms. The Labute approximate surface area is 289 Å². The highest BCUT2D eigenvalue weighted by atomic mass is 15.8. The lowest BCUT2D eigenvalue weighted by molar-refractivity contribution is 0.724. The fraction of sp³-hybridized carbons (Fsp3) is 0. The van der Waals surface area contributed by atoms with E-state index in [-0.39, 0.29) is 0 Å². The summed E-state index contributed by atoms with van der Waals surface area (Å²) in [7, 11) is 0. The Morgan fingerprint density at radius 1 is 0.145 bits per heavy atom. The Morgan fingerprint density at radius 2 is 0.236 bits per heavy atom. The predicted octanol–water partition coefficient (Wildman–Crippen LogP) is 9.44. The van der Waals surface area contributed by atoms with Crippen LogP contribution < -0.4 is 5.84 Å². The second-order valence-electron chi connectivity index (χ2n) is 4.78. The van der Waals surface area contributed by atoms with E-state index in [1.54, 1.807) is 0 Å². The molecule has 0 aromatic heterocycles.